The Morgan fingerprint density at radius 1 is 1.10 bits per heavy atom. The third-order valence-corrected chi connectivity index (χ3v) is 14.1. The van der Waals surface area contributed by atoms with Crippen LogP contribution in [0.3, 0.4) is 0 Å². The molecule has 1 saturated heterocycles. The molecular weight excluding hydrogens is 781 g/mol. The summed E-state index contributed by atoms with van der Waals surface area (Å²) in [5.74, 6) is -1.30. The van der Waals surface area contributed by atoms with Crippen LogP contribution in [0.5, 0.6) is 17.2 Å². The van der Waals surface area contributed by atoms with E-state index >= 15 is 0 Å². The zero-order valence-corrected chi connectivity index (χ0v) is 35.8. The second-order valence-electron chi connectivity index (χ2n) is 17.6. The van der Waals surface area contributed by atoms with Crippen LogP contribution in [-0.2, 0) is 43.3 Å². The maximum Gasteiger partial charge on any atom is 0.375 e. The zero-order chi connectivity index (χ0) is 43.0. The lowest BCUT2D eigenvalue weighted by Crippen LogP contribution is -2.54. The molecule has 1 aliphatic carbocycles. The molecule has 4 N–H and O–H groups in total. The number of piperidine rings is 1. The predicted molar refractivity (Wildman–Crippen MR) is 228 cm³/mol. The number of allylic oxidation sites excluding steroid dienone is 3. The summed E-state index contributed by atoms with van der Waals surface area (Å²) in [6.07, 6.45) is 7.34. The van der Waals surface area contributed by atoms with Crippen molar-refractivity contribution in [2.45, 2.75) is 115 Å². The molecule has 0 radical (unpaired) electrons. The van der Waals surface area contributed by atoms with Crippen LogP contribution in [0.25, 0.3) is 16.5 Å². The monoisotopic (exact) mass is 840 g/mol. The summed E-state index contributed by atoms with van der Waals surface area (Å²) < 4.78 is 30.9. The predicted octanol–water partition coefficient (Wildman–Crippen LogP) is 5.87. The number of methoxy groups -OCH3 is 1. The van der Waals surface area contributed by atoms with Gasteiger partial charge in [0.25, 0.3) is 0 Å². The van der Waals surface area contributed by atoms with Crippen LogP contribution in [0.15, 0.2) is 41.3 Å². The highest BCUT2D eigenvalue weighted by Crippen LogP contribution is 2.57. The molecule has 2 bridgehead atoms. The van der Waals surface area contributed by atoms with Crippen molar-refractivity contribution < 1.29 is 53.4 Å². The third-order valence-electron chi connectivity index (χ3n) is 14.1. The van der Waals surface area contributed by atoms with E-state index in [9.17, 15) is 29.7 Å². The number of nitrogens with one attached hydrogen (secondary N) is 1. The van der Waals surface area contributed by atoms with Crippen molar-refractivity contribution in [3.63, 3.8) is 0 Å². The first-order valence-corrected chi connectivity index (χ1v) is 22.1. The van der Waals surface area contributed by atoms with Gasteiger partial charge in [0.15, 0.2) is 6.29 Å². The van der Waals surface area contributed by atoms with Gasteiger partial charge in [-0.25, -0.2) is 4.79 Å². The Hall–Kier alpha value is -4.53. The molecule has 5 aliphatic rings. The number of fused-ring (bicyclic) bond motifs is 7. The average molecular weight is 841 g/mol. The molecule has 0 amide bonds. The van der Waals surface area contributed by atoms with Crippen LogP contribution in [-0.4, -0.2) is 108 Å². The van der Waals surface area contributed by atoms with Gasteiger partial charge in [-0.3, -0.25) is 9.59 Å². The summed E-state index contributed by atoms with van der Waals surface area (Å²) in [4.78, 5) is 47.0. The van der Waals surface area contributed by atoms with Crippen LogP contribution in [0.4, 0.5) is 0 Å². The molecule has 13 heteroatoms. The topological polar surface area (TPSA) is 177 Å². The van der Waals surface area contributed by atoms with E-state index < -0.39 is 30.2 Å². The molecule has 1 saturated carbocycles. The smallest absolute Gasteiger partial charge is 0.375 e. The second kappa shape index (κ2) is 18.1. The number of carbonyl (C=O) groups is 3. The SMILES string of the molecule is CCOC(=O)C1=C(C=O)C2=C3CCC(=O)[C@H](C3)c3cc4cc[nH]c4cc3CC[C@H](CO)COc3c4c(c(CO)c(c32)O1)O[C@H]([C@](C)(O)[C@@H]1CCN(CCCOC)[C@H](CC)C1)C4. The quantitative estimate of drug-likeness (QED) is 0.0971. The van der Waals surface area contributed by atoms with Gasteiger partial charge in [-0.1, -0.05) is 12.5 Å². The summed E-state index contributed by atoms with van der Waals surface area (Å²) in [6.45, 7) is 7.52. The molecule has 4 aliphatic heterocycles. The average Bonchev–Trinajstić information content (AvgIpc) is 3.93. The fraction of sp³-hybridized carbons (Fsp3) is 0.562. The summed E-state index contributed by atoms with van der Waals surface area (Å²) >= 11 is 0. The highest BCUT2D eigenvalue weighted by Gasteiger charge is 2.50. The molecule has 8 rings (SSSR count). The van der Waals surface area contributed by atoms with Gasteiger partial charge in [-0.15, -0.1) is 0 Å². The number of H-pyrrole nitrogens is 1. The lowest BCUT2D eigenvalue weighted by atomic mass is 9.73. The van der Waals surface area contributed by atoms with E-state index in [0.717, 1.165) is 66.4 Å². The van der Waals surface area contributed by atoms with Gasteiger partial charge in [0.2, 0.25) is 5.76 Å². The Kier molecular flexibility index (Phi) is 12.8. The fourth-order valence-electron chi connectivity index (χ4n) is 10.6. The van der Waals surface area contributed by atoms with Crippen molar-refractivity contribution in [3.8, 4) is 17.2 Å². The van der Waals surface area contributed by atoms with E-state index in [2.05, 4.69) is 28.9 Å². The first-order chi connectivity index (χ1) is 29.6. The van der Waals surface area contributed by atoms with Crippen LogP contribution in [0.1, 0.15) is 106 Å². The number of Topliss-reactive ketones (excluding diaryl/α,β-unsaturated/α-hetero) is 1. The molecule has 5 heterocycles. The number of hydrogen-bond acceptors (Lipinski definition) is 12. The van der Waals surface area contributed by atoms with Gasteiger partial charge < -0.3 is 48.9 Å². The molecule has 3 aromatic rings. The molecule has 328 valence electrons. The molecule has 2 aromatic carbocycles. The van der Waals surface area contributed by atoms with Crippen molar-refractivity contribution in [2.24, 2.45) is 11.8 Å². The van der Waals surface area contributed by atoms with Crippen molar-refractivity contribution in [1.82, 2.24) is 9.88 Å². The number of ketones is 1. The number of aryl methyl sites for hydroxylation is 1. The highest BCUT2D eigenvalue weighted by molar-refractivity contribution is 6.11. The Bertz CT molecular complexity index is 2240. The number of carbonyl (C=O) groups excluding carboxylic acids is 3. The Morgan fingerprint density at radius 3 is 2.67 bits per heavy atom. The van der Waals surface area contributed by atoms with E-state index in [4.69, 9.17) is 23.7 Å². The number of aromatic amines is 1. The Morgan fingerprint density at radius 2 is 1.93 bits per heavy atom. The number of esters is 1. The molecule has 0 unspecified atom stereocenters. The number of benzene rings is 2. The van der Waals surface area contributed by atoms with Gasteiger partial charge in [0, 0.05) is 80.4 Å². The van der Waals surface area contributed by atoms with Gasteiger partial charge in [0.05, 0.1) is 36.5 Å². The summed E-state index contributed by atoms with van der Waals surface area (Å²) in [6, 6.07) is 6.42. The molecule has 2 fully saturated rings. The number of aldehydes is 1. The van der Waals surface area contributed by atoms with Crippen molar-refractivity contribution in [2.75, 3.05) is 46.6 Å². The second-order valence-corrected chi connectivity index (χ2v) is 17.6. The number of hydrogen-bond donors (Lipinski definition) is 4. The molecule has 61 heavy (non-hydrogen) atoms. The number of aliphatic hydroxyl groups excluding tert-OH is 2. The number of likely N-dealkylation sites (tertiary alicyclic amines) is 1. The fourth-order valence-corrected chi connectivity index (χ4v) is 10.6. The summed E-state index contributed by atoms with van der Waals surface area (Å²) in [5, 5.41) is 35.6. The van der Waals surface area contributed by atoms with E-state index in [1.165, 1.54) is 0 Å². The minimum absolute atomic E-state index is 0.0242. The summed E-state index contributed by atoms with van der Waals surface area (Å²) in [5.41, 5.74) is 3.96. The van der Waals surface area contributed by atoms with Crippen LogP contribution in [0.2, 0.25) is 0 Å². The van der Waals surface area contributed by atoms with Gasteiger partial charge in [-0.05, 0) is 112 Å². The molecule has 1 aromatic heterocycles. The normalized spacial score (nSPS) is 25.2. The molecule has 0 spiro atoms. The van der Waals surface area contributed by atoms with E-state index in [1.807, 2.05) is 19.2 Å². The minimum Gasteiger partial charge on any atom is -0.492 e. The number of aliphatic hydroxyl groups is 3. The van der Waals surface area contributed by atoms with Crippen molar-refractivity contribution in [3.05, 3.63) is 69.1 Å². The molecule has 6 atom stereocenters. The van der Waals surface area contributed by atoms with Gasteiger partial charge >= 0.3 is 5.97 Å². The van der Waals surface area contributed by atoms with E-state index in [0.29, 0.717) is 60.4 Å². The third kappa shape index (κ3) is 7.92. The van der Waals surface area contributed by atoms with E-state index in [-0.39, 0.29) is 85.4 Å². The zero-order valence-electron chi connectivity index (χ0n) is 35.8. The largest absolute Gasteiger partial charge is 0.492 e. The Balaban J connectivity index is 1.28. The van der Waals surface area contributed by atoms with E-state index in [1.54, 1.807) is 14.0 Å². The molecule has 13 nitrogen and oxygen atoms in total. The van der Waals surface area contributed by atoms with Crippen molar-refractivity contribution >= 4 is 34.5 Å². The van der Waals surface area contributed by atoms with Crippen molar-refractivity contribution in [1.29, 1.82) is 0 Å². The highest BCUT2D eigenvalue weighted by atomic mass is 16.6. The standard InChI is InChI=1S/C48H60N2O11/c1-5-32-21-31(13-16-50(32)15-7-17-57-4)48(3,56)40-22-35-43(60-40)37(25-53)45-42-41(36(24-52)46(61-45)47(55)58-6-2)30-10-11-39(54)34(19-30)33-18-29-12-14-49-38(29)20-28(33)9-8-27(23-51)26-59-44(35)42/h12,14,18,20,24,27,31-32,34,40,49,51,53,56H,5-11,13,15-17,19,21-23,25-26H2,1-4H3/t27-,31-,32-,34-,40+,48-/m1/s1. The van der Waals surface area contributed by atoms with Crippen LogP contribution >= 0.6 is 0 Å². The number of ether oxygens (including phenoxy) is 5. The first-order valence-electron chi connectivity index (χ1n) is 22.1. The lowest BCUT2D eigenvalue weighted by molar-refractivity contribution is -0.141. The number of rotatable bonds is 12. The minimum atomic E-state index is -1.29. The maximum absolute atomic E-state index is 14.1. The Labute approximate surface area is 357 Å². The first kappa shape index (κ1) is 43.1. The van der Waals surface area contributed by atoms with Gasteiger partial charge in [0.1, 0.15) is 34.7 Å². The maximum atomic E-state index is 14.1. The lowest BCUT2D eigenvalue weighted by Gasteiger charge is -2.46. The number of nitrogens with zero attached hydrogens (tertiary/aromatic N) is 1. The van der Waals surface area contributed by atoms with Crippen LogP contribution < -0.4 is 14.2 Å². The summed E-state index contributed by atoms with van der Waals surface area (Å²) in [7, 11) is 1.72. The number of aromatic nitrogens is 1. The van der Waals surface area contributed by atoms with Gasteiger partial charge in [-0.2, -0.15) is 0 Å². The molecular formula is C48H60N2O11. The van der Waals surface area contributed by atoms with Crippen LogP contribution in [0, 0.1) is 11.8 Å².